The van der Waals surface area contributed by atoms with Crippen LogP contribution in [-0.2, 0) is 16.2 Å². The molecule has 0 aliphatic rings. The van der Waals surface area contributed by atoms with Crippen LogP contribution in [-0.4, -0.2) is 38.4 Å². The maximum Gasteiger partial charge on any atom is 0.416 e. The smallest absolute Gasteiger partial charge is 0.277 e. The molecule has 4 aromatic rings. The second-order valence-corrected chi connectivity index (χ2v) is 9.33. The molecule has 3 heterocycles. The molecule has 9 nitrogen and oxygen atoms in total. The van der Waals surface area contributed by atoms with Crippen LogP contribution in [0.4, 0.5) is 18.9 Å². The summed E-state index contributed by atoms with van der Waals surface area (Å²) >= 11 is 8.94. The molecule has 15 heteroatoms. The van der Waals surface area contributed by atoms with Crippen molar-refractivity contribution in [3.63, 3.8) is 0 Å². The Bertz CT molecular complexity index is 1390. The van der Waals surface area contributed by atoms with E-state index in [0.717, 1.165) is 6.07 Å². The predicted octanol–water partition coefficient (Wildman–Crippen LogP) is 4.29. The number of anilines is 1. The van der Waals surface area contributed by atoms with Gasteiger partial charge in [-0.15, -0.1) is 10.2 Å². The van der Waals surface area contributed by atoms with Crippen molar-refractivity contribution < 1.29 is 21.6 Å². The van der Waals surface area contributed by atoms with Gasteiger partial charge >= 0.3 is 6.18 Å². The Hall–Kier alpha value is -2.97. The van der Waals surface area contributed by atoms with Crippen LogP contribution >= 0.6 is 27.5 Å². The minimum Gasteiger partial charge on any atom is -0.277 e. The second kappa shape index (κ2) is 8.18. The fourth-order valence-corrected chi connectivity index (χ4v) is 4.49. The van der Waals surface area contributed by atoms with Gasteiger partial charge in [-0.1, -0.05) is 11.6 Å². The summed E-state index contributed by atoms with van der Waals surface area (Å²) < 4.78 is 69.4. The van der Waals surface area contributed by atoms with E-state index in [-0.39, 0.29) is 22.2 Å². The number of sulfonamides is 1. The van der Waals surface area contributed by atoms with Crippen LogP contribution in [0, 0.1) is 0 Å². The fourth-order valence-electron chi connectivity index (χ4n) is 2.74. The zero-order valence-corrected chi connectivity index (χ0v) is 18.6. The van der Waals surface area contributed by atoms with Crippen molar-refractivity contribution in [3.05, 3.63) is 64.1 Å². The second-order valence-electron chi connectivity index (χ2n) is 6.29. The third-order valence-corrected chi connectivity index (χ3v) is 6.11. The molecule has 0 saturated heterocycles. The lowest BCUT2D eigenvalue weighted by molar-refractivity contribution is -0.137. The monoisotopic (exact) mass is 547 g/mol. The topological polar surface area (TPSA) is 118 Å². The van der Waals surface area contributed by atoms with Gasteiger partial charge in [0.05, 0.1) is 22.3 Å². The molecule has 0 unspecified atom stereocenters. The van der Waals surface area contributed by atoms with Crippen LogP contribution in [0.3, 0.4) is 0 Å². The summed E-state index contributed by atoms with van der Waals surface area (Å²) in [5, 5.41) is 14.0. The Balaban J connectivity index is 1.79. The van der Waals surface area contributed by atoms with E-state index >= 15 is 0 Å². The maximum atomic E-state index is 13.1. The van der Waals surface area contributed by atoms with Crippen LogP contribution in [0.2, 0.25) is 5.02 Å². The number of nitrogens with one attached hydrogen (secondary N) is 2. The van der Waals surface area contributed by atoms with E-state index in [2.05, 4.69) is 46.0 Å². The van der Waals surface area contributed by atoms with Gasteiger partial charge in [0.1, 0.15) is 17.8 Å². The van der Waals surface area contributed by atoms with E-state index in [1.54, 1.807) is 6.07 Å². The van der Waals surface area contributed by atoms with E-state index in [9.17, 15) is 21.6 Å². The minimum absolute atomic E-state index is 0.0540. The van der Waals surface area contributed by atoms with Crippen LogP contribution < -0.4 is 4.72 Å². The van der Waals surface area contributed by atoms with E-state index in [0.29, 0.717) is 22.4 Å². The number of aromatic amines is 1. The first-order valence-electron chi connectivity index (χ1n) is 8.51. The zero-order valence-electron chi connectivity index (χ0n) is 15.5. The van der Waals surface area contributed by atoms with Crippen molar-refractivity contribution in [2.24, 2.45) is 0 Å². The molecule has 0 aliphatic carbocycles. The highest BCUT2D eigenvalue weighted by Gasteiger charge is 2.33. The van der Waals surface area contributed by atoms with E-state index in [1.807, 2.05) is 0 Å². The third-order valence-electron chi connectivity index (χ3n) is 4.11. The highest BCUT2D eigenvalue weighted by Crippen LogP contribution is 2.34. The van der Waals surface area contributed by atoms with Crippen molar-refractivity contribution in [3.8, 4) is 17.3 Å². The summed E-state index contributed by atoms with van der Waals surface area (Å²) in [5.41, 5.74) is -1.18. The molecule has 2 N–H and O–H groups in total. The van der Waals surface area contributed by atoms with Gasteiger partial charge in [0.2, 0.25) is 0 Å². The highest BCUT2D eigenvalue weighted by atomic mass is 79.9. The van der Waals surface area contributed by atoms with Crippen LogP contribution in [0.1, 0.15) is 5.56 Å². The summed E-state index contributed by atoms with van der Waals surface area (Å²) in [5.74, 6) is 0.634. The molecule has 0 amide bonds. The number of halogens is 5. The molecule has 0 aliphatic heterocycles. The Kier molecular flexibility index (Phi) is 5.68. The number of aromatic nitrogens is 6. The molecule has 0 saturated carbocycles. The van der Waals surface area contributed by atoms with E-state index < -0.39 is 26.7 Å². The molecule has 0 fully saturated rings. The van der Waals surface area contributed by atoms with Gasteiger partial charge in [0.25, 0.3) is 10.0 Å². The summed E-state index contributed by atoms with van der Waals surface area (Å²) in [6.07, 6.45) is -0.523. The number of benzene rings is 1. The maximum absolute atomic E-state index is 13.1. The number of rotatable bonds is 5. The number of hydrogen-bond donors (Lipinski definition) is 2. The van der Waals surface area contributed by atoms with Gasteiger partial charge in [-0.2, -0.15) is 18.3 Å². The van der Waals surface area contributed by atoms with Crippen molar-refractivity contribution in [2.45, 2.75) is 11.1 Å². The number of pyridine rings is 1. The summed E-state index contributed by atoms with van der Waals surface area (Å²) in [6.45, 7) is 0. The molecule has 166 valence electrons. The molecule has 0 radical (unpaired) electrons. The van der Waals surface area contributed by atoms with Gasteiger partial charge in [-0.25, -0.2) is 13.4 Å². The largest absolute Gasteiger partial charge is 0.416 e. The highest BCUT2D eigenvalue weighted by molar-refractivity contribution is 9.10. The SMILES string of the molecule is O=S(=O)(Nc1cc(Br)cnc1-c1nncn1-c1ccn[nH]1)c1cc(Cl)cc(C(F)(F)F)c1. The lowest BCUT2D eigenvalue weighted by atomic mass is 10.2. The first-order valence-corrected chi connectivity index (χ1v) is 11.2. The van der Waals surface area contributed by atoms with Gasteiger partial charge < -0.3 is 0 Å². The Morgan fingerprint density at radius 3 is 2.66 bits per heavy atom. The number of H-pyrrole nitrogens is 1. The van der Waals surface area contributed by atoms with Crippen LogP contribution in [0.5, 0.6) is 0 Å². The quantitative estimate of drug-likeness (QED) is 0.384. The molecule has 0 bridgehead atoms. The standard InChI is InChI=1S/C17H10BrClF3N7O2S/c18-10-5-13(15(23-7-10)16-27-25-8-29(16)14-1-2-24-26-14)28-32(30,31)12-4-9(17(20,21)22)3-11(19)6-12/h1-8,28H,(H,24,26). The predicted molar refractivity (Wildman–Crippen MR) is 112 cm³/mol. The normalized spacial score (nSPS) is 12.2. The lowest BCUT2D eigenvalue weighted by Gasteiger charge is -2.14. The Labute approximate surface area is 191 Å². The van der Waals surface area contributed by atoms with Gasteiger partial charge in [0, 0.05) is 21.8 Å². The molecule has 3 aromatic heterocycles. The van der Waals surface area contributed by atoms with Crippen molar-refractivity contribution in [1.82, 2.24) is 29.9 Å². The van der Waals surface area contributed by atoms with Gasteiger partial charge in [-0.05, 0) is 40.2 Å². The molecule has 32 heavy (non-hydrogen) atoms. The molecular formula is C17H10BrClF3N7O2S. The van der Waals surface area contributed by atoms with Crippen molar-refractivity contribution >= 4 is 43.2 Å². The van der Waals surface area contributed by atoms with Crippen LogP contribution in [0.15, 0.2) is 58.4 Å². The number of hydrogen-bond acceptors (Lipinski definition) is 6. The third kappa shape index (κ3) is 4.47. The summed E-state index contributed by atoms with van der Waals surface area (Å²) in [4.78, 5) is 3.54. The molecule has 1 aromatic carbocycles. The summed E-state index contributed by atoms with van der Waals surface area (Å²) in [7, 11) is -4.49. The molecule has 4 rings (SSSR count). The minimum atomic E-state index is -4.78. The zero-order chi connectivity index (χ0) is 23.1. The first-order chi connectivity index (χ1) is 15.0. The van der Waals surface area contributed by atoms with E-state index in [1.165, 1.54) is 29.4 Å². The average Bonchev–Trinajstić information content (AvgIpc) is 3.38. The van der Waals surface area contributed by atoms with Crippen molar-refractivity contribution in [1.29, 1.82) is 0 Å². The lowest BCUT2D eigenvalue weighted by Crippen LogP contribution is -2.16. The van der Waals surface area contributed by atoms with Crippen LogP contribution in [0.25, 0.3) is 17.3 Å². The number of nitrogens with zero attached hydrogens (tertiary/aromatic N) is 5. The van der Waals surface area contributed by atoms with Crippen molar-refractivity contribution in [2.75, 3.05) is 4.72 Å². The average molecular weight is 549 g/mol. The first kappa shape index (κ1) is 22.2. The molecule has 0 atom stereocenters. The Morgan fingerprint density at radius 1 is 1.19 bits per heavy atom. The fraction of sp³-hybridized carbons (Fsp3) is 0.0588. The Morgan fingerprint density at radius 2 is 1.97 bits per heavy atom. The van der Waals surface area contributed by atoms with E-state index in [4.69, 9.17) is 11.6 Å². The number of alkyl halides is 3. The van der Waals surface area contributed by atoms with Gasteiger partial charge in [0.15, 0.2) is 5.82 Å². The molecular weight excluding hydrogens is 539 g/mol. The summed E-state index contributed by atoms with van der Waals surface area (Å²) in [6, 6.07) is 5.06. The van der Waals surface area contributed by atoms with Gasteiger partial charge in [-0.3, -0.25) is 14.4 Å². The molecule has 0 spiro atoms.